The number of benzene rings is 1. The number of carbonyl (C=O) groups excluding carboxylic acids is 6. The van der Waals surface area contributed by atoms with Crippen molar-refractivity contribution in [3.8, 4) is 23.1 Å². The van der Waals surface area contributed by atoms with E-state index in [2.05, 4.69) is 15.0 Å². The maximum absolute atomic E-state index is 14.7. The first-order valence-corrected chi connectivity index (χ1v) is 27.2. The van der Waals surface area contributed by atoms with Crippen LogP contribution in [0.4, 0.5) is 43.9 Å². The van der Waals surface area contributed by atoms with Crippen LogP contribution in [0.25, 0.3) is 5.69 Å². The van der Waals surface area contributed by atoms with Crippen LogP contribution in [-0.4, -0.2) is 124 Å². The second kappa shape index (κ2) is 30.6. The number of alkyl halides is 9. The van der Waals surface area contributed by atoms with Gasteiger partial charge in [0.15, 0.2) is 35.5 Å². The first-order valence-electron chi connectivity index (χ1n) is 26.9. The molecule has 482 valence electrons. The zero-order chi connectivity index (χ0) is 65.7. The fourth-order valence-electron chi connectivity index (χ4n) is 9.59. The Balaban J connectivity index is 0.000000216. The van der Waals surface area contributed by atoms with Crippen molar-refractivity contribution in [2.75, 3.05) is 53.9 Å². The minimum atomic E-state index is -4.99. The van der Waals surface area contributed by atoms with Gasteiger partial charge in [-0.15, -0.1) is 0 Å². The lowest BCUT2D eigenvalue weighted by Gasteiger charge is -2.31. The number of carbonyl (C=O) groups is 6. The molecule has 3 saturated carbocycles. The van der Waals surface area contributed by atoms with E-state index in [4.69, 9.17) is 44.8 Å². The van der Waals surface area contributed by atoms with Gasteiger partial charge in [-0.05, 0) is 81.0 Å². The number of aliphatic hydroxyl groups excluding tert-OH is 1. The van der Waals surface area contributed by atoms with Gasteiger partial charge in [0.05, 0.1) is 74.5 Å². The lowest BCUT2D eigenvalue weighted by Crippen LogP contribution is -2.45. The highest BCUT2D eigenvalue weighted by Gasteiger charge is 2.51. The summed E-state index contributed by atoms with van der Waals surface area (Å²) in [5.41, 5.74) is -8.20. The number of hydrogen-bond acceptors (Lipinski definition) is 19. The third kappa shape index (κ3) is 17.7. The van der Waals surface area contributed by atoms with Crippen LogP contribution in [0.2, 0.25) is 5.02 Å². The number of hydrogen-bond donors (Lipinski definition) is 1. The highest BCUT2D eigenvalue weighted by atomic mass is 35.5. The van der Waals surface area contributed by atoms with Crippen molar-refractivity contribution in [1.29, 1.82) is 0 Å². The Morgan fingerprint density at radius 3 is 1.85 bits per heavy atom. The molecular formula is C57H56ClF10N5O16. The smallest absolute Gasteiger partial charge is 0.433 e. The summed E-state index contributed by atoms with van der Waals surface area (Å²) in [7, 11) is 3.67. The van der Waals surface area contributed by atoms with Gasteiger partial charge in [0.25, 0.3) is 11.4 Å². The Bertz CT molecular complexity index is 3530. The van der Waals surface area contributed by atoms with E-state index in [0.29, 0.717) is 43.9 Å². The topological polar surface area (TPSA) is 270 Å². The molecule has 4 unspecified atom stereocenters. The van der Waals surface area contributed by atoms with Gasteiger partial charge in [0.1, 0.15) is 46.3 Å². The highest BCUT2D eigenvalue weighted by molar-refractivity contribution is 6.32. The average molecular weight is 1290 g/mol. The number of ketones is 5. The molecule has 0 aliphatic heterocycles. The Kier molecular flexibility index (Phi) is 24.1. The van der Waals surface area contributed by atoms with E-state index in [1.165, 1.54) is 32.5 Å². The Labute approximate surface area is 503 Å². The maximum atomic E-state index is 14.7. The quantitative estimate of drug-likeness (QED) is 0.0238. The number of rotatable bonds is 21. The van der Waals surface area contributed by atoms with Crippen LogP contribution in [0.1, 0.15) is 94.6 Å². The molecule has 21 nitrogen and oxygen atoms in total. The van der Waals surface area contributed by atoms with Gasteiger partial charge in [0, 0.05) is 69.5 Å². The van der Waals surface area contributed by atoms with Crippen molar-refractivity contribution >= 4 is 46.5 Å². The van der Waals surface area contributed by atoms with Crippen molar-refractivity contribution < 1.29 is 111 Å². The molecule has 0 radical (unpaired) electrons. The molecule has 1 N–H and O–H groups in total. The number of fused-ring (bicyclic) bond motifs is 2. The van der Waals surface area contributed by atoms with Crippen LogP contribution < -0.4 is 20.7 Å². The number of methoxy groups -OCH3 is 2. The molecule has 5 aromatic rings. The first kappa shape index (κ1) is 70.2. The second-order valence-corrected chi connectivity index (χ2v) is 20.2. The summed E-state index contributed by atoms with van der Waals surface area (Å²) in [6, 6.07) is 7.88. The summed E-state index contributed by atoms with van der Waals surface area (Å²) in [5, 5.41) is 10.2. The van der Waals surface area contributed by atoms with Crippen molar-refractivity contribution in [3.63, 3.8) is 0 Å². The molecule has 3 aliphatic carbocycles. The maximum Gasteiger partial charge on any atom is 0.433 e. The van der Waals surface area contributed by atoms with Crippen molar-refractivity contribution in [2.45, 2.75) is 83.3 Å². The van der Waals surface area contributed by atoms with Crippen LogP contribution in [0.5, 0.6) is 17.4 Å². The standard InChI is InChI=1S/C21H16ClF4N3O6.C19H22F3NO5.C17H18F3NO5/c1-3-33-18(31)10-34-19-14(5-4-6-27-19)35-15-8-13(12(23)7-11(15)22)29-17(30)9-16(21(24,25)26)28(2)20(29)32;1-27-6-7-28-9-13-12(4-5-14(23-13)19(20,21)22)18(26)15-16(24)10-2-3-11(8-10)17(15)25;1-25-7-8-26-9-11-10(5-6-14(21-11)17(18,19)20)16(24)15-12(22)3-2-4-13(15)23/h4-9H,3,10H2,1-2H3;4-5,10-11,15-16,24H,2-3,6-9H2,1H3;5-6,15H,2-4,7-9H2,1H3. The van der Waals surface area contributed by atoms with Gasteiger partial charge < -0.3 is 38.3 Å². The number of aromatic nitrogens is 5. The summed E-state index contributed by atoms with van der Waals surface area (Å²) < 4.78 is 168. The van der Waals surface area contributed by atoms with E-state index >= 15 is 0 Å². The third-order valence-corrected chi connectivity index (χ3v) is 14.2. The fourth-order valence-corrected chi connectivity index (χ4v) is 9.78. The first-order chi connectivity index (χ1) is 41.9. The molecule has 0 spiro atoms. The predicted molar refractivity (Wildman–Crippen MR) is 287 cm³/mol. The van der Waals surface area contributed by atoms with Crippen LogP contribution in [0.3, 0.4) is 0 Å². The zero-order valence-corrected chi connectivity index (χ0v) is 48.3. The second-order valence-electron chi connectivity index (χ2n) is 19.8. The van der Waals surface area contributed by atoms with E-state index < -0.39 is 112 Å². The molecule has 0 amide bonds. The van der Waals surface area contributed by atoms with Crippen LogP contribution in [0.15, 0.2) is 70.4 Å². The molecule has 0 saturated heterocycles. The molecule has 1 aromatic carbocycles. The van der Waals surface area contributed by atoms with Crippen LogP contribution >= 0.6 is 11.6 Å². The van der Waals surface area contributed by atoms with E-state index in [-0.39, 0.29) is 137 Å². The van der Waals surface area contributed by atoms with Gasteiger partial charge in [-0.2, -0.15) is 39.5 Å². The van der Waals surface area contributed by atoms with E-state index in [0.717, 1.165) is 25.2 Å². The van der Waals surface area contributed by atoms with E-state index in [1.807, 2.05) is 0 Å². The number of esters is 1. The zero-order valence-electron chi connectivity index (χ0n) is 47.5. The Hall–Kier alpha value is -7.84. The summed E-state index contributed by atoms with van der Waals surface area (Å²) >= 11 is 6.04. The van der Waals surface area contributed by atoms with Gasteiger partial charge in [-0.1, -0.05) is 11.6 Å². The Morgan fingerprint density at radius 2 is 1.31 bits per heavy atom. The molecule has 3 fully saturated rings. The summed E-state index contributed by atoms with van der Waals surface area (Å²) in [4.78, 5) is 110. The number of Topliss-reactive ketones (excluding diaryl/α,β-unsaturated/α-hetero) is 5. The van der Waals surface area contributed by atoms with E-state index in [9.17, 15) is 87.4 Å². The van der Waals surface area contributed by atoms with Crippen LogP contribution in [-0.2, 0) is 81.7 Å². The average Bonchev–Trinajstić information content (AvgIpc) is 1.74. The molecule has 4 atom stereocenters. The number of pyridine rings is 3. The largest absolute Gasteiger partial charge is 0.463 e. The molecule has 2 bridgehead atoms. The minimum Gasteiger partial charge on any atom is -0.463 e. The third-order valence-electron chi connectivity index (χ3n) is 13.9. The van der Waals surface area contributed by atoms with Crippen molar-refractivity contribution in [2.24, 2.45) is 30.7 Å². The monoisotopic (exact) mass is 1290 g/mol. The van der Waals surface area contributed by atoms with E-state index in [1.54, 1.807) is 6.92 Å². The summed E-state index contributed by atoms with van der Waals surface area (Å²) in [6.07, 6.45) is -11.7. The number of halogens is 11. The minimum absolute atomic E-state index is 0.0797. The molecule has 32 heteroatoms. The summed E-state index contributed by atoms with van der Waals surface area (Å²) in [5.74, 6) is -8.41. The molecule has 3 aliphatic rings. The van der Waals surface area contributed by atoms with Crippen LogP contribution in [0, 0.1) is 29.5 Å². The highest BCUT2D eigenvalue weighted by Crippen LogP contribution is 2.44. The molecular weight excluding hydrogens is 1240 g/mol. The van der Waals surface area contributed by atoms with Gasteiger partial charge in [-0.3, -0.25) is 33.3 Å². The SMILES string of the molecule is CCOC(=O)COc1ncccc1Oc1cc(-n2c(=O)cc(C(F)(F)F)n(C)c2=O)c(F)cc1Cl.COCCOCc1nc(C(F)(F)F)ccc1C(=O)C1C(=O)C2CCC(C2)C1O.COCCOCc1nc(C(F)(F)F)ccc1C(=O)C1C(=O)CCCC1=O. The fraction of sp³-hybridized carbons (Fsp3) is 0.456. The molecule has 4 heterocycles. The molecule has 89 heavy (non-hydrogen) atoms. The Morgan fingerprint density at radius 1 is 0.742 bits per heavy atom. The number of ether oxygens (including phenoxy) is 7. The van der Waals surface area contributed by atoms with Gasteiger partial charge in [0.2, 0.25) is 0 Å². The molecule has 4 aromatic heterocycles. The lowest BCUT2D eigenvalue weighted by molar-refractivity contribution is -0.146. The molecule has 8 rings (SSSR count). The lowest BCUT2D eigenvalue weighted by atomic mass is 9.74. The summed E-state index contributed by atoms with van der Waals surface area (Å²) in [6.45, 7) is 1.16. The number of aliphatic hydroxyl groups is 1. The number of nitrogens with zero attached hydrogens (tertiary/aromatic N) is 5. The van der Waals surface area contributed by atoms with Crippen molar-refractivity contribution in [1.82, 2.24) is 24.1 Å². The van der Waals surface area contributed by atoms with Gasteiger partial charge >= 0.3 is 30.2 Å². The normalized spacial score (nSPS) is 17.7. The predicted octanol–water partition coefficient (Wildman–Crippen LogP) is 8.28. The van der Waals surface area contributed by atoms with Gasteiger partial charge in [-0.25, -0.2) is 33.5 Å². The van der Waals surface area contributed by atoms with Crippen molar-refractivity contribution in [3.05, 3.63) is 132 Å².